The lowest BCUT2D eigenvalue weighted by molar-refractivity contribution is 0.0477. The van der Waals surface area contributed by atoms with Crippen molar-refractivity contribution in [2.75, 3.05) is 11.9 Å². The molecule has 0 aliphatic heterocycles. The van der Waals surface area contributed by atoms with Gasteiger partial charge in [0.1, 0.15) is 11.2 Å². The zero-order valence-electron chi connectivity index (χ0n) is 22.9. The minimum absolute atomic E-state index is 0.00560. The molecule has 0 fully saturated rings. The third kappa shape index (κ3) is 17.6. The number of rotatable bonds is 6. The maximum absolute atomic E-state index is 11.7. The Labute approximate surface area is 231 Å². The summed E-state index contributed by atoms with van der Waals surface area (Å²) in [5.41, 5.74) is 0.946. The number of nitrogens with one attached hydrogen (secondary N) is 2. The first-order chi connectivity index (χ1) is 17.3. The number of alkyl halides is 2. The maximum Gasteiger partial charge on any atom is 0.408 e. The van der Waals surface area contributed by atoms with Crippen LogP contribution in [0.2, 0.25) is 0 Å². The Balaban J connectivity index is 0.000000633. The average Bonchev–Trinajstić information content (AvgIpc) is 2.81. The van der Waals surface area contributed by atoms with Crippen molar-refractivity contribution in [3.05, 3.63) is 71.8 Å². The molecule has 0 unspecified atom stereocenters. The van der Waals surface area contributed by atoms with Crippen molar-refractivity contribution in [2.45, 2.75) is 78.2 Å². The second-order valence-corrected chi connectivity index (χ2v) is 10.7. The highest BCUT2D eigenvalue weighted by molar-refractivity contribution is 6.40. The van der Waals surface area contributed by atoms with Crippen molar-refractivity contribution < 1.29 is 24.2 Å². The van der Waals surface area contributed by atoms with Crippen LogP contribution in [0.25, 0.3) is 0 Å². The van der Waals surface area contributed by atoms with Gasteiger partial charge in [0.25, 0.3) is 0 Å². The molecule has 2 rings (SSSR count). The van der Waals surface area contributed by atoms with Gasteiger partial charge in [-0.25, -0.2) is 9.59 Å². The van der Waals surface area contributed by atoms with Gasteiger partial charge in [-0.15, -0.1) is 23.2 Å². The monoisotopic (exact) mass is 556 g/mol. The molecule has 2 aromatic carbocycles. The van der Waals surface area contributed by atoms with Crippen LogP contribution < -0.4 is 10.6 Å². The highest BCUT2D eigenvalue weighted by Crippen LogP contribution is 2.17. The summed E-state index contributed by atoms with van der Waals surface area (Å²) in [5.74, 6) is 0. The van der Waals surface area contributed by atoms with Gasteiger partial charge in [-0.1, -0.05) is 67.6 Å². The van der Waals surface area contributed by atoms with Crippen LogP contribution in [-0.2, 0) is 9.47 Å². The van der Waals surface area contributed by atoms with Crippen LogP contribution in [0, 0.1) is 0 Å². The molecule has 0 aliphatic carbocycles. The van der Waals surface area contributed by atoms with E-state index in [1.807, 2.05) is 88.4 Å². The van der Waals surface area contributed by atoms with Gasteiger partial charge in [0.05, 0.1) is 24.0 Å². The molecular formula is C28H42Cl2N2O5. The number of ether oxygens (including phenoxy) is 2. The van der Waals surface area contributed by atoms with Gasteiger partial charge in [0, 0.05) is 0 Å². The normalized spacial score (nSPS) is 12.4. The molecule has 37 heavy (non-hydrogen) atoms. The number of aliphatic hydroxyl groups is 1. The van der Waals surface area contributed by atoms with Gasteiger partial charge in [0.15, 0.2) is 0 Å². The van der Waals surface area contributed by atoms with Gasteiger partial charge in [-0.05, 0) is 59.1 Å². The summed E-state index contributed by atoms with van der Waals surface area (Å²) in [6.07, 6.45) is -0.0582. The minimum Gasteiger partial charge on any atom is -0.444 e. The lowest BCUT2D eigenvalue weighted by Gasteiger charge is -2.23. The second-order valence-electron chi connectivity index (χ2n) is 9.91. The number of aliphatic hydroxyl groups excluding tert-OH is 1. The summed E-state index contributed by atoms with van der Waals surface area (Å²) in [6.45, 7) is 12.8. The Morgan fingerprint density at radius 1 is 0.757 bits per heavy atom. The van der Waals surface area contributed by atoms with Gasteiger partial charge >= 0.3 is 12.2 Å². The van der Waals surface area contributed by atoms with Crippen molar-refractivity contribution >= 4 is 35.4 Å². The number of carbonyl (C=O) groups is 2. The Hall–Kier alpha value is -2.48. The largest absolute Gasteiger partial charge is 0.444 e. The summed E-state index contributed by atoms with van der Waals surface area (Å²) in [6, 6.07) is 18.8. The molecule has 3 N–H and O–H groups in total. The third-order valence-corrected chi connectivity index (χ3v) is 4.38. The quantitative estimate of drug-likeness (QED) is 0.323. The standard InChI is InChI=1S/C14H21NO2.C13H19NO3.CH2Cl2/c1-5-12(11-9-7-6-8-10-11)15-13(16)17-14(2,3)4;1-13(2,3)17-12(16)14-11(9-15)10-7-5-4-6-8-10;2-1-3/h6-10,12H,5H2,1-4H3,(H,15,16);4-8,11,15H,9H2,1-3H3,(H,14,16);1H2/t12-;11-;/m11./s1. The highest BCUT2D eigenvalue weighted by atomic mass is 35.5. The van der Waals surface area contributed by atoms with E-state index in [9.17, 15) is 14.7 Å². The van der Waals surface area contributed by atoms with E-state index in [1.54, 1.807) is 20.8 Å². The number of alkyl carbamates (subject to hydrolysis) is 2. The molecule has 7 nitrogen and oxygen atoms in total. The fourth-order valence-electron chi connectivity index (χ4n) is 2.93. The molecule has 208 valence electrons. The number of halogens is 2. The molecule has 0 heterocycles. The van der Waals surface area contributed by atoms with Crippen LogP contribution in [0.1, 0.15) is 78.1 Å². The molecule has 9 heteroatoms. The predicted molar refractivity (Wildman–Crippen MR) is 151 cm³/mol. The van der Waals surface area contributed by atoms with Crippen molar-refractivity contribution in [3.8, 4) is 0 Å². The van der Waals surface area contributed by atoms with Crippen molar-refractivity contribution in [1.29, 1.82) is 0 Å². The molecule has 0 aromatic heterocycles. The van der Waals surface area contributed by atoms with Gasteiger partial charge in [-0.2, -0.15) is 0 Å². The van der Waals surface area contributed by atoms with E-state index in [4.69, 9.17) is 32.7 Å². The fraction of sp³-hybridized carbons (Fsp3) is 0.500. The van der Waals surface area contributed by atoms with E-state index in [0.717, 1.165) is 17.5 Å². The number of carbonyl (C=O) groups excluding carboxylic acids is 2. The molecule has 0 spiro atoms. The van der Waals surface area contributed by atoms with Gasteiger partial charge in [-0.3, -0.25) is 0 Å². The van der Waals surface area contributed by atoms with Crippen LogP contribution in [0.3, 0.4) is 0 Å². The van der Waals surface area contributed by atoms with Crippen LogP contribution >= 0.6 is 23.2 Å². The van der Waals surface area contributed by atoms with Gasteiger partial charge < -0.3 is 25.2 Å². The molecule has 2 amide bonds. The summed E-state index contributed by atoms with van der Waals surface area (Å²) in [4.78, 5) is 23.2. The van der Waals surface area contributed by atoms with E-state index < -0.39 is 23.3 Å². The highest BCUT2D eigenvalue weighted by Gasteiger charge is 2.20. The number of amides is 2. The molecule has 0 radical (unpaired) electrons. The smallest absolute Gasteiger partial charge is 0.408 e. The van der Waals surface area contributed by atoms with Crippen LogP contribution in [0.15, 0.2) is 60.7 Å². The first-order valence-corrected chi connectivity index (χ1v) is 13.1. The average molecular weight is 558 g/mol. The summed E-state index contributed by atoms with van der Waals surface area (Å²) < 4.78 is 10.4. The Bertz CT molecular complexity index is 811. The topological polar surface area (TPSA) is 96.9 Å². The van der Waals surface area contributed by atoms with Gasteiger partial charge in [0.2, 0.25) is 0 Å². The zero-order valence-corrected chi connectivity index (χ0v) is 24.4. The van der Waals surface area contributed by atoms with Crippen molar-refractivity contribution in [3.63, 3.8) is 0 Å². The molecule has 2 aromatic rings. The molecule has 0 aliphatic rings. The fourth-order valence-corrected chi connectivity index (χ4v) is 2.93. The second kappa shape index (κ2) is 17.9. The van der Waals surface area contributed by atoms with Crippen molar-refractivity contribution in [1.82, 2.24) is 10.6 Å². The minimum atomic E-state index is -0.541. The van der Waals surface area contributed by atoms with Crippen LogP contribution in [-0.4, -0.2) is 40.4 Å². The van der Waals surface area contributed by atoms with Crippen LogP contribution in [0.5, 0.6) is 0 Å². The number of hydrogen-bond donors (Lipinski definition) is 3. The van der Waals surface area contributed by atoms with E-state index >= 15 is 0 Å². The molecular weight excluding hydrogens is 515 g/mol. The molecule has 0 saturated carbocycles. The third-order valence-electron chi connectivity index (χ3n) is 4.38. The van der Waals surface area contributed by atoms with E-state index in [1.165, 1.54) is 0 Å². The summed E-state index contributed by atoms with van der Waals surface area (Å²) in [7, 11) is 0. The zero-order chi connectivity index (χ0) is 28.5. The van der Waals surface area contributed by atoms with E-state index in [0.29, 0.717) is 0 Å². The molecule has 0 saturated heterocycles. The predicted octanol–water partition coefficient (Wildman–Crippen LogP) is 7.33. The molecule has 0 bridgehead atoms. The Morgan fingerprint density at radius 2 is 1.08 bits per heavy atom. The Kier molecular flexibility index (Phi) is 16.7. The summed E-state index contributed by atoms with van der Waals surface area (Å²) >= 11 is 9.53. The van der Waals surface area contributed by atoms with Crippen LogP contribution in [0.4, 0.5) is 9.59 Å². The Morgan fingerprint density at radius 3 is 1.38 bits per heavy atom. The first-order valence-electron chi connectivity index (χ1n) is 12.1. The first kappa shape index (κ1) is 34.5. The lowest BCUT2D eigenvalue weighted by atomic mass is 10.1. The van der Waals surface area contributed by atoms with E-state index in [-0.39, 0.29) is 24.1 Å². The number of hydrogen-bond acceptors (Lipinski definition) is 5. The lowest BCUT2D eigenvalue weighted by Crippen LogP contribution is -2.36. The van der Waals surface area contributed by atoms with Crippen molar-refractivity contribution in [2.24, 2.45) is 0 Å². The SMILES string of the molecule is CC(C)(C)OC(=O)N[C@H](CO)c1ccccc1.CC[C@@H](NC(=O)OC(C)(C)C)c1ccccc1.ClCCl. The van der Waals surface area contributed by atoms with E-state index in [2.05, 4.69) is 10.6 Å². The summed E-state index contributed by atoms with van der Waals surface area (Å²) in [5, 5.41) is 15.0. The molecule has 2 atom stereocenters. The maximum atomic E-state index is 11.7. The number of benzene rings is 2.